The number of nitrogens with one attached hydrogen (secondary N) is 3. The van der Waals surface area contributed by atoms with Crippen molar-refractivity contribution in [3.05, 3.63) is 47.0 Å². The first-order valence-electron chi connectivity index (χ1n) is 11.2. The lowest BCUT2D eigenvalue weighted by molar-refractivity contribution is -0.0566. The van der Waals surface area contributed by atoms with Gasteiger partial charge in [0.2, 0.25) is 0 Å². The zero-order chi connectivity index (χ0) is 21.3. The fourth-order valence-corrected chi connectivity index (χ4v) is 5.22. The molecule has 1 unspecified atom stereocenters. The van der Waals surface area contributed by atoms with Crippen LogP contribution in [0.15, 0.2) is 47.0 Å². The predicted octanol–water partition coefficient (Wildman–Crippen LogP) is 1.87. The van der Waals surface area contributed by atoms with E-state index in [-0.39, 0.29) is 24.5 Å². The molecule has 30 heavy (non-hydrogen) atoms. The molecule has 7 nitrogen and oxygen atoms in total. The Balaban J connectivity index is 1.44. The highest BCUT2D eigenvalue weighted by Gasteiger charge is 2.34. The molecular weight excluding hydrogens is 378 g/mol. The van der Waals surface area contributed by atoms with Crippen LogP contribution in [0.25, 0.3) is 0 Å². The van der Waals surface area contributed by atoms with Crippen molar-refractivity contribution in [2.24, 2.45) is 11.7 Å². The number of nitrogens with zero attached hydrogens (tertiary/aromatic N) is 1. The normalized spacial score (nSPS) is 35.0. The Labute approximate surface area is 180 Å². The fraction of sp³-hybridized carbons (Fsp3) is 0.652. The van der Waals surface area contributed by atoms with Crippen LogP contribution < -0.4 is 21.9 Å². The Morgan fingerprint density at radius 3 is 2.80 bits per heavy atom. The monoisotopic (exact) mass is 415 g/mol. The molecule has 7 heteroatoms. The lowest BCUT2D eigenvalue weighted by atomic mass is 9.78. The molecule has 0 bridgehead atoms. The van der Waals surface area contributed by atoms with Crippen molar-refractivity contribution < 1.29 is 9.47 Å². The summed E-state index contributed by atoms with van der Waals surface area (Å²) in [5, 5.41) is 3.38. The van der Waals surface area contributed by atoms with E-state index in [1.54, 1.807) is 7.11 Å². The maximum Gasteiger partial charge on any atom is 0.111 e. The Kier molecular flexibility index (Phi) is 6.53. The van der Waals surface area contributed by atoms with E-state index in [0.717, 1.165) is 50.3 Å². The van der Waals surface area contributed by atoms with Crippen LogP contribution in [-0.2, 0) is 9.47 Å². The van der Waals surface area contributed by atoms with Gasteiger partial charge in [0.1, 0.15) is 6.23 Å². The number of hydrogen-bond donors (Lipinski definition) is 4. The smallest absolute Gasteiger partial charge is 0.111 e. The van der Waals surface area contributed by atoms with Crippen LogP contribution >= 0.6 is 0 Å². The van der Waals surface area contributed by atoms with E-state index in [0.29, 0.717) is 5.92 Å². The maximum atomic E-state index is 6.59. The van der Waals surface area contributed by atoms with Gasteiger partial charge in [0.15, 0.2) is 0 Å². The van der Waals surface area contributed by atoms with E-state index in [1.165, 1.54) is 23.3 Å². The van der Waals surface area contributed by atoms with Crippen molar-refractivity contribution in [3.8, 4) is 0 Å². The number of nitrogens with two attached hydrogens (primary N) is 1. The SMILES string of the molecule is C=C(/C=C(\N)C1NNC2=C1C[C@@H](C1=CCN[C@@H](OC)C1)CC2)N1C[C@@H](C)O[C@@H](C)C1. The Hall–Kier alpha value is -1.80. The molecule has 0 radical (unpaired) electrons. The molecule has 1 fully saturated rings. The van der Waals surface area contributed by atoms with Crippen LogP contribution in [-0.4, -0.2) is 56.1 Å². The molecule has 0 aromatic heterocycles. The molecule has 1 saturated heterocycles. The number of hydrogen-bond acceptors (Lipinski definition) is 7. The second-order valence-corrected chi connectivity index (χ2v) is 9.06. The molecule has 3 aliphatic heterocycles. The van der Waals surface area contributed by atoms with Gasteiger partial charge in [-0.15, -0.1) is 0 Å². The predicted molar refractivity (Wildman–Crippen MR) is 119 cm³/mol. The zero-order valence-corrected chi connectivity index (χ0v) is 18.5. The Morgan fingerprint density at radius 2 is 2.07 bits per heavy atom. The van der Waals surface area contributed by atoms with E-state index in [4.69, 9.17) is 15.2 Å². The summed E-state index contributed by atoms with van der Waals surface area (Å²) in [6, 6.07) is 0.0241. The van der Waals surface area contributed by atoms with Gasteiger partial charge in [0.05, 0.1) is 18.2 Å². The third-order valence-corrected chi connectivity index (χ3v) is 6.74. The van der Waals surface area contributed by atoms with Gasteiger partial charge in [-0.2, -0.15) is 0 Å². The molecule has 0 saturated carbocycles. The molecule has 3 heterocycles. The van der Waals surface area contributed by atoms with Crippen molar-refractivity contribution in [2.45, 2.75) is 64.0 Å². The van der Waals surface area contributed by atoms with Gasteiger partial charge in [0.25, 0.3) is 0 Å². The van der Waals surface area contributed by atoms with Gasteiger partial charge >= 0.3 is 0 Å². The van der Waals surface area contributed by atoms with Gasteiger partial charge < -0.3 is 25.5 Å². The summed E-state index contributed by atoms with van der Waals surface area (Å²) in [6.45, 7) is 11.1. The van der Waals surface area contributed by atoms with Gasteiger partial charge in [-0.25, -0.2) is 5.43 Å². The third kappa shape index (κ3) is 4.59. The Morgan fingerprint density at radius 1 is 1.30 bits per heavy atom. The molecule has 4 rings (SSSR count). The van der Waals surface area contributed by atoms with Crippen molar-refractivity contribution >= 4 is 0 Å². The first kappa shape index (κ1) is 21.4. The zero-order valence-electron chi connectivity index (χ0n) is 18.5. The fourth-order valence-electron chi connectivity index (χ4n) is 5.22. The lowest BCUT2D eigenvalue weighted by Gasteiger charge is -2.37. The highest BCUT2D eigenvalue weighted by molar-refractivity contribution is 5.38. The van der Waals surface area contributed by atoms with Crippen molar-refractivity contribution in [2.75, 3.05) is 26.7 Å². The van der Waals surface area contributed by atoms with Crippen molar-refractivity contribution in [3.63, 3.8) is 0 Å². The molecular formula is C23H37N5O2. The molecule has 4 aliphatic rings. The topological polar surface area (TPSA) is 83.8 Å². The molecule has 0 amide bonds. The number of morpholine rings is 1. The highest BCUT2D eigenvalue weighted by atomic mass is 16.5. The standard InChI is InChI=1S/C23H37N5O2/c1-14(28-12-15(2)30-16(3)13-28)9-20(24)23-19-10-17(5-6-21(19)26-27-23)18-7-8-25-22(11-18)29-4/h7,9,15-17,22-23,25-27H,1,5-6,8,10-13,24H2,2-4H3/b20-9-/t15-,16+,17-,22-,23?/m0/s1. The average molecular weight is 416 g/mol. The quantitative estimate of drug-likeness (QED) is 0.403. The van der Waals surface area contributed by atoms with Crippen LogP contribution in [0.4, 0.5) is 0 Å². The maximum absolute atomic E-state index is 6.59. The van der Waals surface area contributed by atoms with Crippen LogP contribution in [0, 0.1) is 5.92 Å². The number of ether oxygens (including phenoxy) is 2. The van der Waals surface area contributed by atoms with Crippen LogP contribution in [0.1, 0.15) is 39.5 Å². The van der Waals surface area contributed by atoms with Crippen molar-refractivity contribution in [1.82, 2.24) is 21.1 Å². The molecule has 5 atom stereocenters. The molecule has 0 aromatic carbocycles. The van der Waals surface area contributed by atoms with Gasteiger partial charge in [0, 0.05) is 50.3 Å². The molecule has 0 spiro atoms. The second kappa shape index (κ2) is 9.14. The van der Waals surface area contributed by atoms with E-state index in [2.05, 4.69) is 47.6 Å². The lowest BCUT2D eigenvalue weighted by Crippen LogP contribution is -2.44. The summed E-state index contributed by atoms with van der Waals surface area (Å²) < 4.78 is 11.4. The van der Waals surface area contributed by atoms with Gasteiger partial charge in [-0.05, 0) is 50.7 Å². The van der Waals surface area contributed by atoms with E-state index < -0.39 is 0 Å². The van der Waals surface area contributed by atoms with E-state index in [9.17, 15) is 0 Å². The number of hydrazine groups is 1. The summed E-state index contributed by atoms with van der Waals surface area (Å²) >= 11 is 0. The molecule has 0 aromatic rings. The summed E-state index contributed by atoms with van der Waals surface area (Å²) in [5.74, 6) is 0.560. The van der Waals surface area contributed by atoms with Crippen LogP contribution in [0.2, 0.25) is 0 Å². The first-order valence-corrected chi connectivity index (χ1v) is 11.2. The average Bonchev–Trinajstić information content (AvgIpc) is 3.16. The van der Waals surface area contributed by atoms with Crippen LogP contribution in [0.3, 0.4) is 0 Å². The summed E-state index contributed by atoms with van der Waals surface area (Å²) in [5.41, 5.74) is 19.4. The van der Waals surface area contributed by atoms with Gasteiger partial charge in [-0.3, -0.25) is 5.32 Å². The first-order chi connectivity index (χ1) is 14.4. The Bertz CT molecular complexity index is 749. The summed E-state index contributed by atoms with van der Waals surface area (Å²) in [7, 11) is 1.78. The largest absolute Gasteiger partial charge is 0.400 e. The summed E-state index contributed by atoms with van der Waals surface area (Å²) in [4.78, 5) is 2.28. The van der Waals surface area contributed by atoms with E-state index >= 15 is 0 Å². The molecule has 166 valence electrons. The third-order valence-electron chi connectivity index (χ3n) is 6.74. The highest BCUT2D eigenvalue weighted by Crippen LogP contribution is 2.39. The van der Waals surface area contributed by atoms with Crippen molar-refractivity contribution in [1.29, 1.82) is 0 Å². The number of allylic oxidation sites excluding steroid dienone is 2. The molecule has 5 N–H and O–H groups in total. The molecule has 1 aliphatic carbocycles. The van der Waals surface area contributed by atoms with Crippen LogP contribution in [0.5, 0.6) is 0 Å². The van der Waals surface area contributed by atoms with Gasteiger partial charge in [-0.1, -0.05) is 18.2 Å². The number of rotatable bonds is 5. The second-order valence-electron chi connectivity index (χ2n) is 9.06. The minimum Gasteiger partial charge on any atom is -0.400 e. The number of methoxy groups -OCH3 is 1. The minimum atomic E-state index is 0.0241. The van der Waals surface area contributed by atoms with E-state index in [1.807, 2.05) is 6.08 Å². The summed E-state index contributed by atoms with van der Waals surface area (Å²) in [6.07, 6.45) is 9.14. The minimum absolute atomic E-state index is 0.0241.